The number of nitrogens with zero attached hydrogens (tertiary/aromatic N) is 1. The number of β-amino-alcohol motifs (C(OH)–C–C–N with tert-alkyl or cyclic N) is 1. The van der Waals surface area contributed by atoms with Crippen LogP contribution in [0.5, 0.6) is 5.75 Å². The zero-order valence-electron chi connectivity index (χ0n) is 14.1. The van der Waals surface area contributed by atoms with Crippen LogP contribution in [0.15, 0.2) is 23.2 Å². The van der Waals surface area contributed by atoms with Crippen molar-refractivity contribution in [2.75, 3.05) is 25.0 Å². The van der Waals surface area contributed by atoms with Crippen molar-refractivity contribution in [2.24, 2.45) is 4.99 Å². The number of hydrogen-bond donors (Lipinski definition) is 5. The Kier molecular flexibility index (Phi) is 6.18. The van der Waals surface area contributed by atoms with Gasteiger partial charge < -0.3 is 30.9 Å². The highest BCUT2D eigenvalue weighted by molar-refractivity contribution is 6.00. The van der Waals surface area contributed by atoms with Gasteiger partial charge in [0.15, 0.2) is 5.96 Å². The van der Waals surface area contributed by atoms with Gasteiger partial charge in [-0.3, -0.25) is 9.79 Å². The van der Waals surface area contributed by atoms with Crippen LogP contribution < -0.4 is 16.0 Å². The van der Waals surface area contributed by atoms with Crippen LogP contribution in [0.2, 0.25) is 0 Å². The first-order chi connectivity index (χ1) is 11.9. The Bertz CT molecular complexity index is 676. The summed E-state index contributed by atoms with van der Waals surface area (Å²) in [5, 5.41) is 27.6. The smallest absolute Gasteiger partial charge is 0.328 e. The Balaban J connectivity index is 2.07. The summed E-state index contributed by atoms with van der Waals surface area (Å²) >= 11 is 0. The average molecular weight is 350 g/mol. The molecule has 1 amide bonds. The van der Waals surface area contributed by atoms with Gasteiger partial charge in [0.2, 0.25) is 0 Å². The quantitative estimate of drug-likeness (QED) is 0.465. The number of amides is 1. The zero-order chi connectivity index (χ0) is 18.4. The van der Waals surface area contributed by atoms with E-state index in [0.717, 1.165) is 0 Å². The van der Waals surface area contributed by atoms with Crippen LogP contribution in [0.1, 0.15) is 24.2 Å². The van der Waals surface area contributed by atoms with E-state index in [0.29, 0.717) is 18.2 Å². The number of benzene rings is 1. The molecular formula is C16H22N4O5. The van der Waals surface area contributed by atoms with Crippen molar-refractivity contribution in [2.45, 2.75) is 26.0 Å². The van der Waals surface area contributed by atoms with Crippen LogP contribution >= 0.6 is 0 Å². The minimum atomic E-state index is -0.808. The summed E-state index contributed by atoms with van der Waals surface area (Å²) in [5.74, 6) is -0.736. The summed E-state index contributed by atoms with van der Waals surface area (Å²) in [6.45, 7) is 4.04. The van der Waals surface area contributed by atoms with E-state index in [2.05, 4.69) is 20.9 Å². The van der Waals surface area contributed by atoms with Gasteiger partial charge in [-0.05, 0) is 26.0 Å². The van der Waals surface area contributed by atoms with Gasteiger partial charge in [0, 0.05) is 23.9 Å². The highest BCUT2D eigenvalue weighted by Gasteiger charge is 2.19. The van der Waals surface area contributed by atoms with E-state index in [1.54, 1.807) is 6.92 Å². The molecule has 1 aromatic carbocycles. The van der Waals surface area contributed by atoms with E-state index in [9.17, 15) is 19.8 Å². The van der Waals surface area contributed by atoms with Gasteiger partial charge in [0.05, 0.1) is 19.3 Å². The SMILES string of the molecule is CCOC(=O)C(C)NC(=O)c1cc(O)cc(NC2=NCC(O)CN2)c1. The number of esters is 1. The highest BCUT2D eigenvalue weighted by atomic mass is 16.5. The van der Waals surface area contributed by atoms with Gasteiger partial charge in [-0.1, -0.05) is 0 Å². The van der Waals surface area contributed by atoms with E-state index < -0.39 is 24.0 Å². The number of nitrogens with one attached hydrogen (secondary N) is 3. The Labute approximate surface area is 145 Å². The fourth-order valence-corrected chi connectivity index (χ4v) is 2.17. The molecular weight excluding hydrogens is 328 g/mol. The number of phenolic OH excluding ortho intramolecular Hbond substituents is 1. The van der Waals surface area contributed by atoms with Gasteiger partial charge in [-0.2, -0.15) is 0 Å². The highest BCUT2D eigenvalue weighted by Crippen LogP contribution is 2.20. The van der Waals surface area contributed by atoms with Crippen LogP contribution in [0.3, 0.4) is 0 Å². The fourth-order valence-electron chi connectivity index (χ4n) is 2.17. The first-order valence-corrected chi connectivity index (χ1v) is 7.94. The lowest BCUT2D eigenvalue weighted by molar-refractivity contribution is -0.144. The average Bonchev–Trinajstić information content (AvgIpc) is 2.56. The third kappa shape index (κ3) is 5.35. The third-order valence-corrected chi connectivity index (χ3v) is 3.40. The Morgan fingerprint density at radius 1 is 1.44 bits per heavy atom. The molecule has 1 aromatic rings. The molecule has 0 radical (unpaired) electrons. The largest absolute Gasteiger partial charge is 0.508 e. The predicted octanol–water partition coefficient (Wildman–Crippen LogP) is -0.194. The van der Waals surface area contributed by atoms with Crippen LogP contribution in [0, 0.1) is 0 Å². The predicted molar refractivity (Wildman–Crippen MR) is 91.6 cm³/mol. The number of aliphatic imine (C=N–C) groups is 1. The minimum absolute atomic E-state index is 0.115. The number of phenols is 1. The normalized spacial score (nSPS) is 17.7. The Hall–Kier alpha value is -2.81. The van der Waals surface area contributed by atoms with E-state index in [1.165, 1.54) is 25.1 Å². The van der Waals surface area contributed by atoms with Crippen molar-refractivity contribution in [3.63, 3.8) is 0 Å². The molecule has 0 saturated carbocycles. The lowest BCUT2D eigenvalue weighted by atomic mass is 10.1. The maximum Gasteiger partial charge on any atom is 0.328 e. The topological polar surface area (TPSA) is 132 Å². The minimum Gasteiger partial charge on any atom is -0.508 e. The maximum atomic E-state index is 12.3. The number of hydrogen-bond acceptors (Lipinski definition) is 8. The molecule has 0 fully saturated rings. The number of carbonyl (C=O) groups is 2. The summed E-state index contributed by atoms with van der Waals surface area (Å²) in [6.07, 6.45) is -0.541. The fraction of sp³-hybridized carbons (Fsp3) is 0.438. The van der Waals surface area contributed by atoms with Crippen LogP contribution in [0.25, 0.3) is 0 Å². The van der Waals surface area contributed by atoms with E-state index in [4.69, 9.17) is 4.74 Å². The Morgan fingerprint density at radius 2 is 2.20 bits per heavy atom. The van der Waals surface area contributed by atoms with Crippen molar-refractivity contribution < 1.29 is 24.5 Å². The number of carbonyl (C=O) groups excluding carboxylic acids is 2. The second-order valence-corrected chi connectivity index (χ2v) is 5.56. The monoisotopic (exact) mass is 350 g/mol. The molecule has 25 heavy (non-hydrogen) atoms. The molecule has 1 heterocycles. The number of anilines is 1. The number of aromatic hydroxyl groups is 1. The molecule has 1 aliphatic heterocycles. The molecule has 0 spiro atoms. The van der Waals surface area contributed by atoms with Crippen LogP contribution in [0.4, 0.5) is 5.69 Å². The molecule has 5 N–H and O–H groups in total. The molecule has 0 bridgehead atoms. The molecule has 1 aliphatic rings. The lowest BCUT2D eigenvalue weighted by Crippen LogP contribution is -2.42. The molecule has 2 unspecified atom stereocenters. The molecule has 2 rings (SSSR count). The molecule has 9 heteroatoms. The zero-order valence-corrected chi connectivity index (χ0v) is 14.1. The van der Waals surface area contributed by atoms with Crippen molar-refractivity contribution in [1.29, 1.82) is 0 Å². The molecule has 9 nitrogen and oxygen atoms in total. The summed E-state index contributed by atoms with van der Waals surface area (Å²) in [7, 11) is 0. The van der Waals surface area contributed by atoms with E-state index in [-0.39, 0.29) is 24.5 Å². The molecule has 0 aromatic heterocycles. The van der Waals surface area contributed by atoms with Crippen molar-refractivity contribution in [3.05, 3.63) is 23.8 Å². The van der Waals surface area contributed by atoms with Gasteiger partial charge in [0.25, 0.3) is 5.91 Å². The summed E-state index contributed by atoms with van der Waals surface area (Å²) < 4.78 is 4.84. The molecule has 0 aliphatic carbocycles. The van der Waals surface area contributed by atoms with Gasteiger partial charge in [-0.25, -0.2) is 4.79 Å². The number of guanidine groups is 1. The van der Waals surface area contributed by atoms with Crippen LogP contribution in [-0.2, 0) is 9.53 Å². The standard InChI is InChI=1S/C16H22N4O5/c1-3-25-15(24)9(2)19-14(23)10-4-11(6-12(21)5-10)20-16-17-7-13(22)8-18-16/h4-6,9,13,21-22H,3,7-8H2,1-2H3,(H,19,23)(H2,17,18,20). The molecule has 136 valence electrons. The number of aliphatic hydroxyl groups excluding tert-OH is 1. The summed E-state index contributed by atoms with van der Waals surface area (Å²) in [5.41, 5.74) is 0.617. The first kappa shape index (κ1) is 18.5. The first-order valence-electron chi connectivity index (χ1n) is 7.94. The maximum absolute atomic E-state index is 12.3. The second kappa shape index (κ2) is 8.34. The van der Waals surface area contributed by atoms with Gasteiger partial charge in [0.1, 0.15) is 11.8 Å². The number of ether oxygens (including phenoxy) is 1. The van der Waals surface area contributed by atoms with E-state index >= 15 is 0 Å². The summed E-state index contributed by atoms with van der Waals surface area (Å²) in [4.78, 5) is 28.0. The van der Waals surface area contributed by atoms with Crippen molar-refractivity contribution >= 4 is 23.5 Å². The van der Waals surface area contributed by atoms with Gasteiger partial charge >= 0.3 is 5.97 Å². The second-order valence-electron chi connectivity index (χ2n) is 5.56. The number of rotatable bonds is 5. The van der Waals surface area contributed by atoms with Crippen molar-refractivity contribution in [3.8, 4) is 5.75 Å². The summed E-state index contributed by atoms with van der Waals surface area (Å²) in [6, 6.07) is 3.43. The van der Waals surface area contributed by atoms with E-state index in [1.807, 2.05) is 0 Å². The molecule has 2 atom stereocenters. The Morgan fingerprint density at radius 3 is 2.84 bits per heavy atom. The third-order valence-electron chi connectivity index (χ3n) is 3.40. The van der Waals surface area contributed by atoms with Crippen LogP contribution in [-0.4, -0.2) is 59.9 Å². The molecule has 0 saturated heterocycles. The van der Waals surface area contributed by atoms with Crippen molar-refractivity contribution in [1.82, 2.24) is 10.6 Å². The lowest BCUT2D eigenvalue weighted by Gasteiger charge is -2.20. The van der Waals surface area contributed by atoms with Gasteiger partial charge in [-0.15, -0.1) is 0 Å². The number of aliphatic hydroxyl groups is 1.